The van der Waals surface area contributed by atoms with Gasteiger partial charge in [-0.3, -0.25) is 4.79 Å². The highest BCUT2D eigenvalue weighted by Gasteiger charge is 2.13. The van der Waals surface area contributed by atoms with E-state index in [-0.39, 0.29) is 5.78 Å². The fraction of sp³-hybridized carbons (Fsp3) is 0.417. The van der Waals surface area contributed by atoms with E-state index in [4.69, 9.17) is 16.3 Å². The number of ketones is 1. The fourth-order valence-electron chi connectivity index (χ4n) is 1.36. The highest BCUT2D eigenvalue weighted by molar-refractivity contribution is 6.18. The summed E-state index contributed by atoms with van der Waals surface area (Å²) >= 11 is 5.51. The number of hydrogen-bond acceptors (Lipinski definition) is 2. The average Bonchev–Trinajstić information content (AvgIpc) is 2.28. The average molecular weight is 245 g/mol. The van der Waals surface area contributed by atoms with Crippen molar-refractivity contribution in [3.63, 3.8) is 0 Å². The maximum atomic E-state index is 13.0. The first-order valence-electron chi connectivity index (χ1n) is 5.20. The number of halogens is 2. The van der Waals surface area contributed by atoms with Crippen LogP contribution in [0.2, 0.25) is 0 Å². The number of rotatable bonds is 6. The van der Waals surface area contributed by atoms with E-state index in [0.717, 1.165) is 0 Å². The third-order valence-corrected chi connectivity index (χ3v) is 2.35. The number of carbonyl (C=O) groups excluding carboxylic acids is 1. The van der Waals surface area contributed by atoms with Gasteiger partial charge in [0.25, 0.3) is 0 Å². The number of benzene rings is 1. The van der Waals surface area contributed by atoms with Crippen molar-refractivity contribution in [1.29, 1.82) is 0 Å². The van der Waals surface area contributed by atoms with Crippen LogP contribution in [0, 0.1) is 5.82 Å². The van der Waals surface area contributed by atoms with Crippen molar-refractivity contribution in [1.82, 2.24) is 0 Å². The standard InChI is InChI=1S/C12H14ClFO2/c1-2-16-12-6-5-9(14)8-10(12)11(15)4-3-7-13/h5-6,8H,2-4,7H2,1H3. The minimum absolute atomic E-state index is 0.136. The van der Waals surface area contributed by atoms with Gasteiger partial charge in [-0.25, -0.2) is 4.39 Å². The molecule has 0 saturated heterocycles. The van der Waals surface area contributed by atoms with Crippen molar-refractivity contribution in [2.45, 2.75) is 19.8 Å². The van der Waals surface area contributed by atoms with Gasteiger partial charge < -0.3 is 4.74 Å². The topological polar surface area (TPSA) is 26.3 Å². The van der Waals surface area contributed by atoms with Crippen molar-refractivity contribution in [3.8, 4) is 5.75 Å². The van der Waals surface area contributed by atoms with Crippen molar-refractivity contribution in [2.75, 3.05) is 12.5 Å². The van der Waals surface area contributed by atoms with E-state index in [1.165, 1.54) is 18.2 Å². The van der Waals surface area contributed by atoms with Gasteiger partial charge in [-0.15, -0.1) is 11.6 Å². The van der Waals surface area contributed by atoms with Gasteiger partial charge in [0.15, 0.2) is 5.78 Å². The maximum Gasteiger partial charge on any atom is 0.166 e. The zero-order valence-electron chi connectivity index (χ0n) is 9.13. The van der Waals surface area contributed by atoms with Gasteiger partial charge in [0.2, 0.25) is 0 Å². The number of alkyl halides is 1. The molecule has 16 heavy (non-hydrogen) atoms. The smallest absolute Gasteiger partial charge is 0.166 e. The van der Waals surface area contributed by atoms with Crippen LogP contribution in [0.4, 0.5) is 4.39 Å². The second-order valence-electron chi connectivity index (χ2n) is 3.29. The molecular formula is C12H14ClFO2. The van der Waals surface area contributed by atoms with Crippen molar-refractivity contribution >= 4 is 17.4 Å². The molecule has 0 aromatic heterocycles. The molecule has 0 aliphatic heterocycles. The predicted octanol–water partition coefficient (Wildman–Crippen LogP) is 3.43. The van der Waals surface area contributed by atoms with Crippen LogP contribution in [0.1, 0.15) is 30.1 Å². The summed E-state index contributed by atoms with van der Waals surface area (Å²) in [6.45, 7) is 2.26. The number of Topliss-reactive ketones (excluding diaryl/α,β-unsaturated/α-hetero) is 1. The van der Waals surface area contributed by atoms with E-state index < -0.39 is 5.82 Å². The molecule has 0 unspecified atom stereocenters. The predicted molar refractivity (Wildman–Crippen MR) is 61.9 cm³/mol. The lowest BCUT2D eigenvalue weighted by Crippen LogP contribution is -2.05. The molecule has 88 valence electrons. The lowest BCUT2D eigenvalue weighted by molar-refractivity contribution is 0.0977. The second kappa shape index (κ2) is 6.48. The molecule has 0 atom stereocenters. The highest BCUT2D eigenvalue weighted by atomic mass is 35.5. The lowest BCUT2D eigenvalue weighted by atomic mass is 10.1. The number of carbonyl (C=O) groups is 1. The zero-order valence-corrected chi connectivity index (χ0v) is 9.89. The summed E-state index contributed by atoms with van der Waals surface area (Å²) in [6.07, 6.45) is 0.898. The summed E-state index contributed by atoms with van der Waals surface area (Å²) in [7, 11) is 0. The van der Waals surface area contributed by atoms with Gasteiger partial charge in [-0.2, -0.15) is 0 Å². The molecule has 0 radical (unpaired) electrons. The van der Waals surface area contributed by atoms with Crippen LogP contribution in [-0.4, -0.2) is 18.3 Å². The molecule has 1 aromatic carbocycles. The van der Waals surface area contributed by atoms with Crippen molar-refractivity contribution in [3.05, 3.63) is 29.6 Å². The lowest BCUT2D eigenvalue weighted by Gasteiger charge is -2.08. The Hall–Kier alpha value is -1.09. The van der Waals surface area contributed by atoms with Crippen LogP contribution in [0.15, 0.2) is 18.2 Å². The molecule has 0 N–H and O–H groups in total. The van der Waals surface area contributed by atoms with Crippen molar-refractivity contribution < 1.29 is 13.9 Å². The maximum absolute atomic E-state index is 13.0. The zero-order chi connectivity index (χ0) is 12.0. The summed E-state index contributed by atoms with van der Waals surface area (Å²) in [5, 5.41) is 0. The minimum atomic E-state index is -0.433. The highest BCUT2D eigenvalue weighted by Crippen LogP contribution is 2.21. The molecule has 0 fully saturated rings. The van der Waals surface area contributed by atoms with Crippen LogP contribution in [0.5, 0.6) is 5.75 Å². The largest absolute Gasteiger partial charge is 0.493 e. The normalized spacial score (nSPS) is 10.2. The summed E-state index contributed by atoms with van der Waals surface area (Å²) in [5.41, 5.74) is 0.298. The third kappa shape index (κ3) is 3.49. The monoisotopic (exact) mass is 244 g/mol. The van der Waals surface area contributed by atoms with E-state index in [9.17, 15) is 9.18 Å². The summed E-state index contributed by atoms with van der Waals surface area (Å²) in [5.74, 6) is 0.287. The molecule has 4 heteroatoms. The SMILES string of the molecule is CCOc1ccc(F)cc1C(=O)CCCCl. The molecule has 1 aromatic rings. The van der Waals surface area contributed by atoms with E-state index >= 15 is 0 Å². The summed E-state index contributed by atoms with van der Waals surface area (Å²) < 4.78 is 18.3. The van der Waals surface area contributed by atoms with E-state index in [1.54, 1.807) is 0 Å². The van der Waals surface area contributed by atoms with Crippen LogP contribution in [-0.2, 0) is 0 Å². The first-order chi connectivity index (χ1) is 7.69. The first-order valence-corrected chi connectivity index (χ1v) is 5.74. The summed E-state index contributed by atoms with van der Waals surface area (Å²) in [6, 6.07) is 3.97. The molecule has 0 bridgehead atoms. The first kappa shape index (κ1) is 13.0. The number of hydrogen-bond donors (Lipinski definition) is 0. The van der Waals surface area contributed by atoms with Crippen LogP contribution in [0.25, 0.3) is 0 Å². The quantitative estimate of drug-likeness (QED) is 0.566. The Kier molecular flexibility index (Phi) is 5.26. The van der Waals surface area contributed by atoms with Crippen LogP contribution < -0.4 is 4.74 Å². The Bertz CT molecular complexity index is 366. The third-order valence-electron chi connectivity index (χ3n) is 2.08. The van der Waals surface area contributed by atoms with Gasteiger partial charge in [0, 0.05) is 12.3 Å². The molecule has 0 spiro atoms. The van der Waals surface area contributed by atoms with E-state index in [2.05, 4.69) is 0 Å². The minimum Gasteiger partial charge on any atom is -0.493 e. The molecule has 1 rings (SSSR count). The second-order valence-corrected chi connectivity index (χ2v) is 3.67. The van der Waals surface area contributed by atoms with Crippen LogP contribution >= 0.6 is 11.6 Å². The molecule has 0 amide bonds. The molecule has 0 heterocycles. The Morgan fingerprint density at radius 1 is 1.50 bits per heavy atom. The molecule has 0 aliphatic carbocycles. The van der Waals surface area contributed by atoms with Gasteiger partial charge in [-0.05, 0) is 31.5 Å². The number of ether oxygens (including phenoxy) is 1. The van der Waals surface area contributed by atoms with Gasteiger partial charge in [-0.1, -0.05) is 0 Å². The molecular weight excluding hydrogens is 231 g/mol. The van der Waals surface area contributed by atoms with Crippen LogP contribution in [0.3, 0.4) is 0 Å². The van der Waals surface area contributed by atoms with Crippen molar-refractivity contribution in [2.24, 2.45) is 0 Å². The Balaban J connectivity index is 2.90. The molecule has 2 nitrogen and oxygen atoms in total. The molecule has 0 saturated carbocycles. The van der Waals surface area contributed by atoms with Gasteiger partial charge in [0.05, 0.1) is 12.2 Å². The Morgan fingerprint density at radius 2 is 2.25 bits per heavy atom. The Labute approximate surface area is 99.4 Å². The summed E-state index contributed by atoms with van der Waals surface area (Å²) in [4.78, 5) is 11.7. The molecule has 0 aliphatic rings. The van der Waals surface area contributed by atoms with Gasteiger partial charge in [0.1, 0.15) is 11.6 Å². The van der Waals surface area contributed by atoms with Gasteiger partial charge >= 0.3 is 0 Å². The van der Waals surface area contributed by atoms with E-state index in [0.29, 0.717) is 36.6 Å². The van der Waals surface area contributed by atoms with E-state index in [1.807, 2.05) is 6.92 Å². The Morgan fingerprint density at radius 3 is 2.88 bits per heavy atom. The fourth-order valence-corrected chi connectivity index (χ4v) is 1.50.